The summed E-state index contributed by atoms with van der Waals surface area (Å²) in [6, 6.07) is 16.1. The lowest BCUT2D eigenvalue weighted by molar-refractivity contribution is -0.0316. The fourth-order valence-electron chi connectivity index (χ4n) is 2.63. The summed E-state index contributed by atoms with van der Waals surface area (Å²) in [5.74, 6) is 1.32. The summed E-state index contributed by atoms with van der Waals surface area (Å²) >= 11 is 0. The molecule has 30 heavy (non-hydrogen) atoms. The van der Waals surface area contributed by atoms with Crippen molar-refractivity contribution in [2.24, 2.45) is 0 Å². The van der Waals surface area contributed by atoms with Gasteiger partial charge in [-0.3, -0.25) is 0 Å². The highest BCUT2D eigenvalue weighted by atomic mass is 16.6. The van der Waals surface area contributed by atoms with Crippen LogP contribution in [0.3, 0.4) is 0 Å². The molecule has 0 fully saturated rings. The van der Waals surface area contributed by atoms with E-state index < -0.39 is 23.8 Å². The Morgan fingerprint density at radius 2 is 1.67 bits per heavy atom. The van der Waals surface area contributed by atoms with Crippen LogP contribution in [0.4, 0.5) is 4.79 Å². The summed E-state index contributed by atoms with van der Waals surface area (Å²) in [7, 11) is 1.59. The lowest BCUT2D eigenvalue weighted by Gasteiger charge is -2.28. The molecule has 2 aromatic carbocycles. The molecule has 7 heteroatoms. The molecule has 0 spiro atoms. The quantitative estimate of drug-likeness (QED) is 0.615. The standard InChI is InChI=1S/C23H31NO6/c1-23(2,3)30-22(26)24-20(16-28-19-12-10-18(27-4)11-13-19)21(14-25)29-15-17-8-6-5-7-9-17/h5-13,20-21,25H,14-16H2,1-4H3,(H,24,26)/t20-,21-/m1/s1. The van der Waals surface area contributed by atoms with E-state index in [-0.39, 0.29) is 13.2 Å². The third-order valence-corrected chi connectivity index (χ3v) is 4.13. The van der Waals surface area contributed by atoms with Gasteiger partial charge in [0.1, 0.15) is 29.8 Å². The number of rotatable bonds is 10. The molecule has 0 aliphatic rings. The normalized spacial score (nSPS) is 13.2. The van der Waals surface area contributed by atoms with Crippen molar-refractivity contribution < 1.29 is 28.8 Å². The zero-order valence-corrected chi connectivity index (χ0v) is 18.0. The van der Waals surface area contributed by atoms with Crippen LogP contribution in [0.15, 0.2) is 54.6 Å². The third-order valence-electron chi connectivity index (χ3n) is 4.13. The monoisotopic (exact) mass is 417 g/mol. The molecule has 1 amide bonds. The van der Waals surface area contributed by atoms with Crippen LogP contribution < -0.4 is 14.8 Å². The summed E-state index contributed by atoms with van der Waals surface area (Å²) in [6.07, 6.45) is -1.29. The Hall–Kier alpha value is -2.77. The zero-order chi connectivity index (χ0) is 22.0. The fourth-order valence-corrected chi connectivity index (χ4v) is 2.63. The number of hydrogen-bond acceptors (Lipinski definition) is 6. The molecule has 2 aromatic rings. The molecule has 0 unspecified atom stereocenters. The van der Waals surface area contributed by atoms with E-state index in [1.54, 1.807) is 52.1 Å². The van der Waals surface area contributed by atoms with Gasteiger partial charge in [-0.05, 0) is 50.6 Å². The Bertz CT molecular complexity index is 758. The first-order chi connectivity index (χ1) is 14.3. The highest BCUT2D eigenvalue weighted by Gasteiger charge is 2.27. The number of carbonyl (C=O) groups is 1. The number of hydrogen-bond donors (Lipinski definition) is 2. The zero-order valence-electron chi connectivity index (χ0n) is 18.0. The van der Waals surface area contributed by atoms with Crippen LogP contribution in [0.2, 0.25) is 0 Å². The van der Waals surface area contributed by atoms with Crippen molar-refractivity contribution in [2.75, 3.05) is 20.3 Å². The van der Waals surface area contributed by atoms with E-state index in [1.165, 1.54) is 0 Å². The first kappa shape index (κ1) is 23.5. The van der Waals surface area contributed by atoms with Crippen LogP contribution in [0, 0.1) is 0 Å². The van der Waals surface area contributed by atoms with Gasteiger partial charge in [0, 0.05) is 0 Å². The number of carbonyl (C=O) groups excluding carboxylic acids is 1. The van der Waals surface area contributed by atoms with Crippen molar-refractivity contribution in [1.29, 1.82) is 0 Å². The lowest BCUT2D eigenvalue weighted by atomic mass is 10.1. The maximum Gasteiger partial charge on any atom is 0.408 e. The fraction of sp³-hybridized carbons (Fsp3) is 0.435. The molecule has 2 N–H and O–H groups in total. The molecule has 0 aliphatic carbocycles. The molecule has 7 nitrogen and oxygen atoms in total. The molecule has 0 aliphatic heterocycles. The molecule has 0 heterocycles. The van der Waals surface area contributed by atoms with E-state index in [0.717, 1.165) is 5.56 Å². The van der Waals surface area contributed by atoms with Crippen molar-refractivity contribution in [3.8, 4) is 11.5 Å². The molecule has 0 saturated heterocycles. The number of aliphatic hydroxyl groups excluding tert-OH is 1. The van der Waals surface area contributed by atoms with E-state index in [0.29, 0.717) is 18.1 Å². The topological polar surface area (TPSA) is 86.3 Å². The van der Waals surface area contributed by atoms with Crippen LogP contribution in [0.1, 0.15) is 26.3 Å². The minimum absolute atomic E-state index is 0.0889. The molecule has 164 valence electrons. The minimum atomic E-state index is -0.684. The van der Waals surface area contributed by atoms with E-state index >= 15 is 0 Å². The molecule has 0 bridgehead atoms. The van der Waals surface area contributed by atoms with Crippen LogP contribution in [-0.2, 0) is 16.1 Å². The van der Waals surface area contributed by atoms with Crippen molar-refractivity contribution in [1.82, 2.24) is 5.32 Å². The largest absolute Gasteiger partial charge is 0.497 e. The molecule has 2 rings (SSSR count). The molecular formula is C23H31NO6. The first-order valence-electron chi connectivity index (χ1n) is 9.83. The van der Waals surface area contributed by atoms with E-state index in [1.807, 2.05) is 30.3 Å². The number of aliphatic hydroxyl groups is 1. The summed E-state index contributed by atoms with van der Waals surface area (Å²) in [5, 5.41) is 12.7. The van der Waals surface area contributed by atoms with Gasteiger partial charge in [0.05, 0.1) is 26.4 Å². The molecule has 0 saturated carbocycles. The number of alkyl carbamates (subject to hydrolysis) is 1. The molecular weight excluding hydrogens is 386 g/mol. The molecule has 0 radical (unpaired) electrons. The maximum absolute atomic E-state index is 12.3. The van der Waals surface area contributed by atoms with E-state index in [4.69, 9.17) is 18.9 Å². The number of nitrogens with one attached hydrogen (secondary N) is 1. The second-order valence-electron chi connectivity index (χ2n) is 7.76. The predicted octanol–water partition coefficient (Wildman–Crippen LogP) is 3.55. The van der Waals surface area contributed by atoms with Crippen molar-refractivity contribution in [3.63, 3.8) is 0 Å². The van der Waals surface area contributed by atoms with Crippen LogP contribution in [0.25, 0.3) is 0 Å². The molecule has 2 atom stereocenters. The van der Waals surface area contributed by atoms with Gasteiger partial charge in [0.2, 0.25) is 0 Å². The summed E-state index contributed by atoms with van der Waals surface area (Å²) in [6.45, 7) is 5.44. The summed E-state index contributed by atoms with van der Waals surface area (Å²) in [5.41, 5.74) is 0.313. The van der Waals surface area contributed by atoms with E-state index in [2.05, 4.69) is 5.32 Å². The van der Waals surface area contributed by atoms with Crippen molar-refractivity contribution >= 4 is 6.09 Å². The van der Waals surface area contributed by atoms with Gasteiger partial charge in [-0.1, -0.05) is 30.3 Å². The average Bonchev–Trinajstić information content (AvgIpc) is 2.72. The lowest BCUT2D eigenvalue weighted by Crippen LogP contribution is -2.50. The number of ether oxygens (including phenoxy) is 4. The number of benzene rings is 2. The van der Waals surface area contributed by atoms with Gasteiger partial charge >= 0.3 is 6.09 Å². The van der Waals surface area contributed by atoms with Gasteiger partial charge in [-0.25, -0.2) is 4.79 Å². The number of methoxy groups -OCH3 is 1. The third kappa shape index (κ3) is 8.31. The summed E-state index contributed by atoms with van der Waals surface area (Å²) < 4.78 is 22.2. The van der Waals surface area contributed by atoms with Crippen LogP contribution in [0.5, 0.6) is 11.5 Å². The van der Waals surface area contributed by atoms with Gasteiger partial charge < -0.3 is 29.4 Å². The van der Waals surface area contributed by atoms with Gasteiger partial charge in [0.25, 0.3) is 0 Å². The first-order valence-corrected chi connectivity index (χ1v) is 9.83. The van der Waals surface area contributed by atoms with Gasteiger partial charge in [-0.15, -0.1) is 0 Å². The Morgan fingerprint density at radius 3 is 2.23 bits per heavy atom. The van der Waals surface area contributed by atoms with E-state index in [9.17, 15) is 9.90 Å². The van der Waals surface area contributed by atoms with Gasteiger partial charge in [0.15, 0.2) is 0 Å². The Morgan fingerprint density at radius 1 is 1.03 bits per heavy atom. The smallest absolute Gasteiger partial charge is 0.408 e. The Labute approximate surface area is 177 Å². The highest BCUT2D eigenvalue weighted by molar-refractivity contribution is 5.68. The van der Waals surface area contributed by atoms with Crippen molar-refractivity contribution in [3.05, 3.63) is 60.2 Å². The maximum atomic E-state index is 12.3. The Balaban J connectivity index is 2.05. The number of amides is 1. The average molecular weight is 418 g/mol. The second-order valence-corrected chi connectivity index (χ2v) is 7.76. The predicted molar refractivity (Wildman–Crippen MR) is 114 cm³/mol. The van der Waals surface area contributed by atoms with Crippen LogP contribution in [-0.4, -0.2) is 49.3 Å². The molecule has 0 aromatic heterocycles. The van der Waals surface area contributed by atoms with Crippen molar-refractivity contribution in [2.45, 2.75) is 45.1 Å². The summed E-state index contributed by atoms with van der Waals surface area (Å²) in [4.78, 5) is 12.3. The van der Waals surface area contributed by atoms with Gasteiger partial charge in [-0.2, -0.15) is 0 Å². The highest BCUT2D eigenvalue weighted by Crippen LogP contribution is 2.18. The SMILES string of the molecule is COc1ccc(OC[C@@H](NC(=O)OC(C)(C)C)[C@@H](CO)OCc2ccccc2)cc1. The second kappa shape index (κ2) is 11.4. The Kier molecular flexibility index (Phi) is 8.95. The van der Waals surface area contributed by atoms with Crippen LogP contribution >= 0.6 is 0 Å². The minimum Gasteiger partial charge on any atom is -0.497 e.